The summed E-state index contributed by atoms with van der Waals surface area (Å²) < 4.78 is 5.12. The highest BCUT2D eigenvalue weighted by Crippen LogP contribution is 2.27. The summed E-state index contributed by atoms with van der Waals surface area (Å²) in [7, 11) is 0. The number of aromatic nitrogens is 2. The number of para-hydroxylation sites is 2. The summed E-state index contributed by atoms with van der Waals surface area (Å²) in [5, 5.41) is 17.1. The van der Waals surface area contributed by atoms with Crippen LogP contribution in [0.25, 0.3) is 0 Å². The number of phenols is 1. The number of rotatable bonds is 4. The zero-order valence-electron chi connectivity index (χ0n) is 15.1. The fraction of sp³-hybridized carbons (Fsp3) is 0.471. The largest absolute Gasteiger partial charge is 0.506 e. The number of aliphatic imine (C=N–C) groups is 1. The molecule has 1 aromatic heterocycles. The molecule has 142 valence electrons. The number of nitrogens with one attached hydrogen (secondary N) is 1. The first-order valence-corrected chi connectivity index (χ1v) is 8.52. The Hall–Kier alpha value is -2.04. The highest BCUT2D eigenvalue weighted by atomic mass is 127. The van der Waals surface area contributed by atoms with Crippen molar-refractivity contribution in [3.8, 4) is 5.75 Å². The molecule has 8 nitrogen and oxygen atoms in total. The lowest BCUT2D eigenvalue weighted by Crippen LogP contribution is -2.52. The molecule has 3 rings (SSSR count). The van der Waals surface area contributed by atoms with E-state index in [2.05, 4.69) is 30.2 Å². The summed E-state index contributed by atoms with van der Waals surface area (Å²) in [5.74, 6) is 2.30. The van der Waals surface area contributed by atoms with Crippen molar-refractivity contribution < 1.29 is 9.63 Å². The molecule has 0 radical (unpaired) electrons. The number of hydrogen-bond donors (Lipinski definition) is 2. The zero-order chi connectivity index (χ0) is 17.6. The molecule has 0 aliphatic carbocycles. The SMILES string of the molecule is CCNC(=NCc1nc(C)no1)N1CCN(c2ccccc2O)CC1.I. The molecule has 26 heavy (non-hydrogen) atoms. The lowest BCUT2D eigenvalue weighted by molar-refractivity contribution is 0.361. The molecule has 9 heteroatoms. The number of phenolic OH excluding ortho intramolecular Hbond substituents is 1. The van der Waals surface area contributed by atoms with E-state index in [4.69, 9.17) is 4.52 Å². The Kier molecular flexibility index (Phi) is 7.49. The van der Waals surface area contributed by atoms with Crippen LogP contribution in [0.15, 0.2) is 33.8 Å². The molecule has 0 spiro atoms. The highest BCUT2D eigenvalue weighted by molar-refractivity contribution is 14.0. The molecule has 1 saturated heterocycles. The standard InChI is InChI=1S/C17H24N6O2.HI/c1-3-18-17(19-12-16-20-13(2)21-25-16)23-10-8-22(9-11-23)14-6-4-5-7-15(14)24;/h4-7,24H,3,8-12H2,1-2H3,(H,18,19);1H. The molecule has 0 amide bonds. The van der Waals surface area contributed by atoms with Crippen LogP contribution in [-0.4, -0.2) is 58.8 Å². The maximum atomic E-state index is 10.0. The van der Waals surface area contributed by atoms with E-state index in [1.807, 2.05) is 25.1 Å². The fourth-order valence-electron chi connectivity index (χ4n) is 2.86. The van der Waals surface area contributed by atoms with Crippen LogP contribution in [0.4, 0.5) is 5.69 Å². The van der Waals surface area contributed by atoms with Gasteiger partial charge in [0.2, 0.25) is 5.89 Å². The Morgan fingerprint density at radius 3 is 2.62 bits per heavy atom. The van der Waals surface area contributed by atoms with E-state index in [-0.39, 0.29) is 24.0 Å². The average Bonchev–Trinajstić information content (AvgIpc) is 3.05. The predicted molar refractivity (Wildman–Crippen MR) is 111 cm³/mol. The van der Waals surface area contributed by atoms with Crippen LogP contribution in [0.1, 0.15) is 18.6 Å². The maximum Gasteiger partial charge on any atom is 0.248 e. The summed E-state index contributed by atoms with van der Waals surface area (Å²) in [4.78, 5) is 13.2. The van der Waals surface area contributed by atoms with Crippen LogP contribution < -0.4 is 10.2 Å². The second-order valence-electron chi connectivity index (χ2n) is 5.87. The second kappa shape index (κ2) is 9.60. The van der Waals surface area contributed by atoms with Crippen LogP contribution >= 0.6 is 24.0 Å². The maximum absolute atomic E-state index is 10.0. The first-order valence-electron chi connectivity index (χ1n) is 8.52. The Morgan fingerprint density at radius 1 is 1.27 bits per heavy atom. The van der Waals surface area contributed by atoms with Crippen LogP contribution in [0.5, 0.6) is 5.75 Å². The van der Waals surface area contributed by atoms with Crippen molar-refractivity contribution in [3.05, 3.63) is 36.0 Å². The number of nitrogens with zero attached hydrogens (tertiary/aromatic N) is 5. The third-order valence-electron chi connectivity index (χ3n) is 4.07. The third kappa shape index (κ3) is 4.99. The molecule has 0 atom stereocenters. The first kappa shape index (κ1) is 20.3. The molecule has 1 aliphatic heterocycles. The number of hydrogen-bond acceptors (Lipinski definition) is 6. The summed E-state index contributed by atoms with van der Waals surface area (Å²) in [6.45, 7) is 8.28. The van der Waals surface area contributed by atoms with E-state index < -0.39 is 0 Å². The lowest BCUT2D eigenvalue weighted by atomic mass is 10.2. The zero-order valence-corrected chi connectivity index (χ0v) is 17.4. The molecular formula is C17H25IN6O2. The van der Waals surface area contributed by atoms with Crippen LogP contribution in [0, 0.1) is 6.92 Å². The van der Waals surface area contributed by atoms with Gasteiger partial charge in [0.05, 0.1) is 5.69 Å². The van der Waals surface area contributed by atoms with Crippen molar-refractivity contribution in [2.45, 2.75) is 20.4 Å². The molecule has 1 fully saturated rings. The van der Waals surface area contributed by atoms with E-state index in [9.17, 15) is 5.11 Å². The lowest BCUT2D eigenvalue weighted by Gasteiger charge is -2.37. The molecule has 1 aromatic carbocycles. The van der Waals surface area contributed by atoms with Gasteiger partial charge in [-0.2, -0.15) is 4.98 Å². The second-order valence-corrected chi connectivity index (χ2v) is 5.87. The van der Waals surface area contributed by atoms with Gasteiger partial charge in [-0.05, 0) is 26.0 Å². The minimum Gasteiger partial charge on any atom is -0.506 e. The predicted octanol–water partition coefficient (Wildman–Crippen LogP) is 1.99. The van der Waals surface area contributed by atoms with E-state index in [1.165, 1.54) is 0 Å². The van der Waals surface area contributed by atoms with Gasteiger partial charge in [0.25, 0.3) is 0 Å². The molecule has 0 unspecified atom stereocenters. The van der Waals surface area contributed by atoms with Gasteiger partial charge >= 0.3 is 0 Å². The summed E-state index contributed by atoms with van der Waals surface area (Å²) in [6, 6.07) is 7.45. The molecular weight excluding hydrogens is 447 g/mol. The Labute approximate surface area is 170 Å². The van der Waals surface area contributed by atoms with Crippen LogP contribution in [0.2, 0.25) is 0 Å². The molecule has 2 aromatic rings. The molecule has 1 aliphatic rings. The summed E-state index contributed by atoms with van der Waals surface area (Å²) >= 11 is 0. The van der Waals surface area contributed by atoms with E-state index in [1.54, 1.807) is 13.0 Å². The van der Waals surface area contributed by atoms with Gasteiger partial charge in [-0.1, -0.05) is 17.3 Å². The van der Waals surface area contributed by atoms with Gasteiger partial charge in [0, 0.05) is 32.7 Å². The van der Waals surface area contributed by atoms with Crippen molar-refractivity contribution in [3.63, 3.8) is 0 Å². The van der Waals surface area contributed by atoms with E-state index in [0.717, 1.165) is 44.4 Å². The van der Waals surface area contributed by atoms with E-state index in [0.29, 0.717) is 24.0 Å². The number of aromatic hydroxyl groups is 1. The van der Waals surface area contributed by atoms with Crippen molar-refractivity contribution in [2.75, 3.05) is 37.6 Å². The minimum atomic E-state index is 0. The summed E-state index contributed by atoms with van der Waals surface area (Å²) in [6.07, 6.45) is 0. The van der Waals surface area contributed by atoms with Crippen molar-refractivity contribution in [2.24, 2.45) is 4.99 Å². The molecule has 0 saturated carbocycles. The smallest absolute Gasteiger partial charge is 0.248 e. The normalized spacial score (nSPS) is 14.9. The number of benzene rings is 1. The quantitative estimate of drug-likeness (QED) is 0.400. The van der Waals surface area contributed by atoms with Gasteiger partial charge in [-0.3, -0.25) is 0 Å². The van der Waals surface area contributed by atoms with Crippen molar-refractivity contribution in [1.82, 2.24) is 20.4 Å². The van der Waals surface area contributed by atoms with Gasteiger partial charge in [-0.15, -0.1) is 24.0 Å². The van der Waals surface area contributed by atoms with Gasteiger partial charge in [-0.25, -0.2) is 4.99 Å². The van der Waals surface area contributed by atoms with Crippen molar-refractivity contribution in [1.29, 1.82) is 0 Å². The van der Waals surface area contributed by atoms with Gasteiger partial charge < -0.3 is 24.7 Å². The molecule has 2 heterocycles. The van der Waals surface area contributed by atoms with Gasteiger partial charge in [0.15, 0.2) is 11.8 Å². The summed E-state index contributed by atoms with van der Waals surface area (Å²) in [5.41, 5.74) is 0.880. The number of piperazine rings is 1. The molecule has 2 N–H and O–H groups in total. The Balaban J connectivity index is 0.00000243. The highest BCUT2D eigenvalue weighted by Gasteiger charge is 2.21. The van der Waals surface area contributed by atoms with Crippen LogP contribution in [0.3, 0.4) is 0 Å². The number of guanidine groups is 1. The average molecular weight is 472 g/mol. The first-order chi connectivity index (χ1) is 12.2. The topological polar surface area (TPSA) is 90.0 Å². The van der Waals surface area contributed by atoms with Crippen molar-refractivity contribution >= 4 is 35.6 Å². The monoisotopic (exact) mass is 472 g/mol. The third-order valence-corrected chi connectivity index (χ3v) is 4.07. The Bertz CT molecular complexity index is 728. The Morgan fingerprint density at radius 2 is 2.00 bits per heavy atom. The number of anilines is 1. The van der Waals surface area contributed by atoms with Crippen LogP contribution in [-0.2, 0) is 6.54 Å². The molecule has 0 bridgehead atoms. The van der Waals surface area contributed by atoms with E-state index >= 15 is 0 Å². The van der Waals surface area contributed by atoms with Gasteiger partial charge in [0.1, 0.15) is 12.3 Å². The fourth-order valence-corrected chi connectivity index (χ4v) is 2.86. The number of aryl methyl sites for hydroxylation is 1. The minimum absolute atomic E-state index is 0. The number of halogens is 1.